The number of H-pyrrole nitrogens is 1. The van der Waals surface area contributed by atoms with Crippen LogP contribution in [0.4, 0.5) is 0 Å². The molecule has 1 aliphatic heterocycles. The van der Waals surface area contributed by atoms with Gasteiger partial charge in [0.2, 0.25) is 0 Å². The second-order valence-corrected chi connectivity index (χ2v) is 8.20. The van der Waals surface area contributed by atoms with Gasteiger partial charge in [0.1, 0.15) is 17.0 Å². The van der Waals surface area contributed by atoms with E-state index in [-0.39, 0.29) is 5.91 Å². The molecule has 1 unspecified atom stereocenters. The molecule has 0 radical (unpaired) electrons. The maximum atomic E-state index is 12.8. The van der Waals surface area contributed by atoms with Gasteiger partial charge in [0.05, 0.1) is 17.6 Å². The highest BCUT2D eigenvalue weighted by atomic mass is 35.5. The van der Waals surface area contributed by atoms with Crippen LogP contribution in [-0.2, 0) is 11.2 Å². The summed E-state index contributed by atoms with van der Waals surface area (Å²) in [4.78, 5) is 34.0. The van der Waals surface area contributed by atoms with Crippen molar-refractivity contribution in [3.8, 4) is 12.0 Å². The van der Waals surface area contributed by atoms with Crippen molar-refractivity contribution in [3.63, 3.8) is 0 Å². The minimum Gasteiger partial charge on any atom is -0.382 e. The predicted octanol–water partition coefficient (Wildman–Crippen LogP) is 1.56. The number of carbonyl (C=O) groups excluding carboxylic acids is 2. The summed E-state index contributed by atoms with van der Waals surface area (Å²) < 4.78 is 0. The van der Waals surface area contributed by atoms with E-state index in [1.807, 2.05) is 30.3 Å². The number of aliphatic hydroxyl groups is 1. The summed E-state index contributed by atoms with van der Waals surface area (Å²) in [6, 6.07) is 15.5. The molecule has 1 aromatic carbocycles. The number of fused-ring (bicyclic) bond motifs is 1. The van der Waals surface area contributed by atoms with Crippen molar-refractivity contribution in [2.75, 3.05) is 26.2 Å². The third-order valence-corrected chi connectivity index (χ3v) is 5.72. The van der Waals surface area contributed by atoms with Crippen molar-refractivity contribution >= 4 is 34.3 Å². The summed E-state index contributed by atoms with van der Waals surface area (Å²) in [6.45, 7) is 2.46. The Bertz CT molecular complexity index is 1200. The number of pyridine rings is 1. The van der Waals surface area contributed by atoms with Crippen LogP contribution in [0.3, 0.4) is 0 Å². The third-order valence-electron chi connectivity index (χ3n) is 5.51. The number of aromatic nitrogens is 2. The van der Waals surface area contributed by atoms with Crippen LogP contribution in [-0.4, -0.2) is 64.1 Å². The fraction of sp³-hybridized carbons (Fsp3) is 0.292. The van der Waals surface area contributed by atoms with E-state index in [2.05, 4.69) is 32.6 Å². The molecule has 2 atom stereocenters. The summed E-state index contributed by atoms with van der Waals surface area (Å²) >= 11 is 5.90. The number of amides is 2. The van der Waals surface area contributed by atoms with Crippen molar-refractivity contribution in [1.29, 1.82) is 0 Å². The van der Waals surface area contributed by atoms with Gasteiger partial charge in [-0.3, -0.25) is 14.9 Å². The number of hydrogen-bond acceptors (Lipinski definition) is 5. The van der Waals surface area contributed by atoms with Crippen LogP contribution in [0.5, 0.6) is 0 Å². The van der Waals surface area contributed by atoms with Crippen LogP contribution in [0, 0.1) is 17.9 Å². The highest BCUT2D eigenvalue weighted by Gasteiger charge is 2.30. The van der Waals surface area contributed by atoms with Gasteiger partial charge >= 0.3 is 0 Å². The number of nitrogens with one attached hydrogen (secondary N) is 3. The molecule has 0 spiro atoms. The Labute approximate surface area is 196 Å². The molecule has 0 bridgehead atoms. The lowest BCUT2D eigenvalue weighted by Gasteiger charge is -2.30. The molecule has 8 nitrogen and oxygen atoms in total. The summed E-state index contributed by atoms with van der Waals surface area (Å²) in [5, 5.41) is 17.7. The molecule has 1 saturated heterocycles. The number of halogens is 1. The van der Waals surface area contributed by atoms with Crippen LogP contribution in [0.2, 0.25) is 5.15 Å². The lowest BCUT2D eigenvalue weighted by atomic mass is 9.93. The van der Waals surface area contributed by atoms with Crippen LogP contribution >= 0.6 is 11.6 Å². The van der Waals surface area contributed by atoms with Gasteiger partial charge in [-0.15, -0.1) is 0 Å². The summed E-state index contributed by atoms with van der Waals surface area (Å²) in [6.07, 6.45) is 0.627. The smallest absolute Gasteiger partial charge is 0.279 e. The minimum atomic E-state index is -1.30. The topological polar surface area (TPSA) is 110 Å². The first-order valence-corrected chi connectivity index (χ1v) is 11.1. The zero-order chi connectivity index (χ0) is 23.2. The largest absolute Gasteiger partial charge is 0.382 e. The first kappa shape index (κ1) is 22.8. The standard InChI is InChI=1S/C24H24ClN5O3/c25-21-14-18-13-19(29-20(18)15-28-21)23(32)27-7-6-17(12-16-4-2-1-3-5-16)22(31)24(33)30-10-8-26-9-11-30/h1-5,13-15,17,22,26,29,31H,8-12H2,(H,27,32)/t17?,22-/m1/s1. The van der Waals surface area contributed by atoms with Crippen LogP contribution in [0.15, 0.2) is 48.7 Å². The molecule has 0 aliphatic carbocycles. The molecular weight excluding hydrogens is 442 g/mol. The molecule has 4 N–H and O–H groups in total. The molecule has 0 saturated carbocycles. The maximum absolute atomic E-state index is 12.8. The summed E-state index contributed by atoms with van der Waals surface area (Å²) in [7, 11) is 0. The number of carbonyl (C=O) groups is 2. The Morgan fingerprint density at radius 1 is 1.21 bits per heavy atom. The molecule has 170 valence electrons. The van der Waals surface area contributed by atoms with Gasteiger partial charge in [0.15, 0.2) is 0 Å². The Kier molecular flexibility index (Phi) is 7.25. The lowest BCUT2D eigenvalue weighted by Crippen LogP contribution is -2.51. The van der Waals surface area contributed by atoms with E-state index < -0.39 is 17.9 Å². The molecule has 1 aliphatic rings. The van der Waals surface area contributed by atoms with Crippen molar-refractivity contribution in [2.24, 2.45) is 5.92 Å². The average Bonchev–Trinajstić information content (AvgIpc) is 3.27. The van der Waals surface area contributed by atoms with E-state index in [0.29, 0.717) is 49.0 Å². The second-order valence-electron chi connectivity index (χ2n) is 7.82. The molecular formula is C24H24ClN5O3. The number of aromatic amines is 1. The van der Waals surface area contributed by atoms with E-state index in [4.69, 9.17) is 11.6 Å². The van der Waals surface area contributed by atoms with Crippen molar-refractivity contribution in [2.45, 2.75) is 12.5 Å². The number of aliphatic hydroxyl groups excluding tert-OH is 1. The van der Waals surface area contributed by atoms with Crippen LogP contribution in [0.25, 0.3) is 10.9 Å². The normalized spacial score (nSPS) is 15.4. The first-order chi connectivity index (χ1) is 16.0. The molecule has 2 aromatic heterocycles. The highest BCUT2D eigenvalue weighted by molar-refractivity contribution is 6.30. The minimum absolute atomic E-state index is 0.306. The van der Waals surface area contributed by atoms with Gasteiger partial charge in [0, 0.05) is 37.6 Å². The molecule has 3 heterocycles. The Hall–Kier alpha value is -3.38. The summed E-state index contributed by atoms with van der Waals surface area (Å²) in [5.74, 6) is 1.43. The Balaban J connectivity index is 1.49. The van der Waals surface area contributed by atoms with Gasteiger partial charge in [0.25, 0.3) is 11.8 Å². The quantitative estimate of drug-likeness (QED) is 0.260. The summed E-state index contributed by atoms with van der Waals surface area (Å²) in [5.41, 5.74) is 1.92. The van der Waals surface area contributed by atoms with Crippen molar-refractivity contribution < 1.29 is 14.7 Å². The number of rotatable bonds is 5. The van der Waals surface area contributed by atoms with E-state index in [9.17, 15) is 14.7 Å². The Morgan fingerprint density at radius 2 is 1.97 bits per heavy atom. The number of hydrogen-bond donors (Lipinski definition) is 4. The second kappa shape index (κ2) is 10.5. The van der Waals surface area contributed by atoms with Gasteiger partial charge in [-0.05, 0) is 24.1 Å². The van der Waals surface area contributed by atoms with E-state index in [0.717, 1.165) is 10.9 Å². The van der Waals surface area contributed by atoms with E-state index >= 15 is 0 Å². The lowest BCUT2D eigenvalue weighted by molar-refractivity contribution is -0.142. The molecule has 3 aromatic rings. The van der Waals surface area contributed by atoms with Crippen molar-refractivity contribution in [1.82, 2.24) is 25.5 Å². The van der Waals surface area contributed by atoms with Gasteiger partial charge in [-0.25, -0.2) is 4.98 Å². The monoisotopic (exact) mass is 465 g/mol. The molecule has 2 amide bonds. The number of benzene rings is 1. The maximum Gasteiger partial charge on any atom is 0.279 e. The molecule has 1 fully saturated rings. The zero-order valence-corrected chi connectivity index (χ0v) is 18.6. The van der Waals surface area contributed by atoms with Crippen LogP contribution < -0.4 is 10.6 Å². The average molecular weight is 466 g/mol. The highest BCUT2D eigenvalue weighted by Crippen LogP contribution is 2.18. The number of nitrogens with zero attached hydrogens (tertiary/aromatic N) is 2. The SMILES string of the molecule is O=C(NC#CC(Cc1ccccc1)[C@@H](O)C(=O)N1CCNCC1)c1cc2cc(Cl)ncc2[nH]1. The Morgan fingerprint density at radius 3 is 2.73 bits per heavy atom. The van der Waals surface area contributed by atoms with Gasteiger partial charge in [-0.1, -0.05) is 47.9 Å². The molecule has 9 heteroatoms. The van der Waals surface area contributed by atoms with Crippen LogP contribution in [0.1, 0.15) is 16.1 Å². The van der Waals surface area contributed by atoms with Gasteiger partial charge < -0.3 is 20.3 Å². The fourth-order valence-electron chi connectivity index (χ4n) is 3.73. The molecule has 33 heavy (non-hydrogen) atoms. The van der Waals surface area contributed by atoms with Crippen molar-refractivity contribution in [3.05, 3.63) is 65.1 Å². The van der Waals surface area contributed by atoms with E-state index in [1.54, 1.807) is 23.2 Å². The third kappa shape index (κ3) is 5.71. The number of piperazine rings is 1. The predicted molar refractivity (Wildman–Crippen MR) is 125 cm³/mol. The van der Waals surface area contributed by atoms with Gasteiger partial charge in [-0.2, -0.15) is 0 Å². The zero-order valence-electron chi connectivity index (χ0n) is 17.8. The first-order valence-electron chi connectivity index (χ1n) is 10.7. The van der Waals surface area contributed by atoms with E-state index in [1.165, 1.54) is 0 Å². The molecule has 4 rings (SSSR count). The fourth-order valence-corrected chi connectivity index (χ4v) is 3.90.